The Morgan fingerprint density at radius 3 is 2.70 bits per heavy atom. The first-order valence-electron chi connectivity index (χ1n) is 7.47. The summed E-state index contributed by atoms with van der Waals surface area (Å²) in [5.41, 5.74) is 5.81. The lowest BCUT2D eigenvalue weighted by atomic mass is 10.00. The number of ether oxygens (including phenoxy) is 1. The van der Waals surface area contributed by atoms with Crippen LogP contribution in [0, 0.1) is 13.8 Å². The summed E-state index contributed by atoms with van der Waals surface area (Å²) in [7, 11) is 1.62. The second-order valence-electron chi connectivity index (χ2n) is 5.79. The maximum Gasteiger partial charge on any atom is 0.307 e. The predicted octanol–water partition coefficient (Wildman–Crippen LogP) is 4.09. The number of methoxy groups -OCH3 is 1. The van der Waals surface area contributed by atoms with Crippen LogP contribution in [0.25, 0.3) is 22.2 Å². The Morgan fingerprint density at radius 2 is 2.00 bits per heavy atom. The number of rotatable bonds is 4. The fraction of sp³-hybridized carbons (Fsp3) is 0.211. The molecule has 4 nitrogen and oxygen atoms in total. The van der Waals surface area contributed by atoms with Crippen LogP contribution in [0.3, 0.4) is 0 Å². The lowest BCUT2D eigenvalue weighted by Gasteiger charge is -2.05. The van der Waals surface area contributed by atoms with E-state index in [2.05, 4.69) is 11.1 Å². The molecule has 0 atom stereocenters. The van der Waals surface area contributed by atoms with Gasteiger partial charge in [-0.15, -0.1) is 0 Å². The fourth-order valence-electron chi connectivity index (χ4n) is 3.07. The van der Waals surface area contributed by atoms with E-state index >= 15 is 0 Å². The lowest BCUT2D eigenvalue weighted by molar-refractivity contribution is -0.136. The van der Waals surface area contributed by atoms with Crippen LogP contribution in [0.1, 0.15) is 16.7 Å². The van der Waals surface area contributed by atoms with Gasteiger partial charge in [0, 0.05) is 16.5 Å². The Hall–Kier alpha value is -2.75. The Bertz CT molecular complexity index is 893. The van der Waals surface area contributed by atoms with Crippen LogP contribution in [0.15, 0.2) is 36.4 Å². The van der Waals surface area contributed by atoms with Crippen molar-refractivity contribution in [1.29, 1.82) is 0 Å². The molecule has 0 aliphatic heterocycles. The van der Waals surface area contributed by atoms with Gasteiger partial charge in [0.2, 0.25) is 0 Å². The highest BCUT2D eigenvalue weighted by Crippen LogP contribution is 2.34. The number of H-pyrrole nitrogens is 1. The van der Waals surface area contributed by atoms with Crippen LogP contribution in [0.4, 0.5) is 0 Å². The van der Waals surface area contributed by atoms with Crippen molar-refractivity contribution in [1.82, 2.24) is 4.98 Å². The van der Waals surface area contributed by atoms with Crippen LogP contribution in [-0.2, 0) is 11.2 Å². The van der Waals surface area contributed by atoms with E-state index in [1.807, 2.05) is 44.2 Å². The van der Waals surface area contributed by atoms with Crippen molar-refractivity contribution in [3.63, 3.8) is 0 Å². The van der Waals surface area contributed by atoms with Gasteiger partial charge in [-0.1, -0.05) is 23.8 Å². The number of aromatic amines is 1. The van der Waals surface area contributed by atoms with Crippen molar-refractivity contribution >= 4 is 16.9 Å². The Labute approximate surface area is 134 Å². The third kappa shape index (κ3) is 2.80. The number of carboxylic acids is 1. The standard InChI is InChI=1S/C19H19NO3/c1-11-7-12(2)18-15(8-11)16(10-17(21)22)19(20-18)13-5-4-6-14(9-13)23-3/h4-9,20H,10H2,1-3H3,(H,21,22). The fourth-order valence-corrected chi connectivity index (χ4v) is 3.07. The van der Waals surface area contributed by atoms with E-state index in [4.69, 9.17) is 4.74 Å². The summed E-state index contributed by atoms with van der Waals surface area (Å²) >= 11 is 0. The van der Waals surface area contributed by atoms with Crippen molar-refractivity contribution in [2.24, 2.45) is 0 Å². The third-order valence-corrected chi connectivity index (χ3v) is 4.04. The number of benzene rings is 2. The SMILES string of the molecule is COc1cccc(-c2[nH]c3c(C)cc(C)cc3c2CC(=O)O)c1. The summed E-state index contributed by atoms with van der Waals surface area (Å²) in [5.74, 6) is -0.0930. The van der Waals surface area contributed by atoms with Gasteiger partial charge in [0.05, 0.1) is 19.2 Å². The second kappa shape index (κ2) is 5.80. The van der Waals surface area contributed by atoms with E-state index in [0.717, 1.165) is 44.6 Å². The summed E-state index contributed by atoms with van der Waals surface area (Å²) in [4.78, 5) is 14.8. The number of hydrogen-bond donors (Lipinski definition) is 2. The lowest BCUT2D eigenvalue weighted by Crippen LogP contribution is -2.01. The number of aryl methyl sites for hydroxylation is 2. The van der Waals surface area contributed by atoms with Gasteiger partial charge in [0.15, 0.2) is 0 Å². The van der Waals surface area contributed by atoms with Crippen molar-refractivity contribution in [2.75, 3.05) is 7.11 Å². The molecule has 0 bridgehead atoms. The van der Waals surface area contributed by atoms with E-state index in [1.54, 1.807) is 7.11 Å². The van der Waals surface area contributed by atoms with Crippen molar-refractivity contribution in [3.8, 4) is 17.0 Å². The molecule has 2 N–H and O–H groups in total. The molecule has 0 saturated heterocycles. The number of hydrogen-bond acceptors (Lipinski definition) is 2. The largest absolute Gasteiger partial charge is 0.497 e. The number of aromatic nitrogens is 1. The van der Waals surface area contributed by atoms with Crippen LogP contribution < -0.4 is 4.74 Å². The number of fused-ring (bicyclic) bond motifs is 1. The van der Waals surface area contributed by atoms with Gasteiger partial charge in [-0.25, -0.2) is 0 Å². The molecule has 0 spiro atoms. The first-order valence-corrected chi connectivity index (χ1v) is 7.47. The first-order chi connectivity index (χ1) is 11.0. The average molecular weight is 309 g/mol. The Balaban J connectivity index is 2.30. The molecule has 3 aromatic rings. The van der Waals surface area contributed by atoms with Crippen LogP contribution >= 0.6 is 0 Å². The maximum atomic E-state index is 11.3. The van der Waals surface area contributed by atoms with Gasteiger partial charge in [-0.05, 0) is 43.2 Å². The van der Waals surface area contributed by atoms with E-state index < -0.39 is 5.97 Å². The maximum absolute atomic E-state index is 11.3. The monoisotopic (exact) mass is 309 g/mol. The molecule has 118 valence electrons. The van der Waals surface area contributed by atoms with Crippen LogP contribution in [0.5, 0.6) is 5.75 Å². The van der Waals surface area contributed by atoms with Crippen molar-refractivity contribution in [2.45, 2.75) is 20.3 Å². The minimum Gasteiger partial charge on any atom is -0.497 e. The quantitative estimate of drug-likeness (QED) is 0.763. The molecule has 23 heavy (non-hydrogen) atoms. The van der Waals surface area contributed by atoms with Crippen molar-refractivity contribution in [3.05, 3.63) is 53.1 Å². The number of aliphatic carboxylic acids is 1. The summed E-state index contributed by atoms with van der Waals surface area (Å²) in [6.07, 6.45) is -0.0184. The molecular weight excluding hydrogens is 290 g/mol. The summed E-state index contributed by atoms with van der Waals surface area (Å²) in [5, 5.41) is 10.3. The Morgan fingerprint density at radius 1 is 1.22 bits per heavy atom. The topological polar surface area (TPSA) is 62.3 Å². The van der Waals surface area contributed by atoms with Gasteiger partial charge in [0.25, 0.3) is 0 Å². The molecule has 0 saturated carbocycles. The molecule has 2 aromatic carbocycles. The molecule has 0 aliphatic carbocycles. The highest BCUT2D eigenvalue weighted by Gasteiger charge is 2.17. The van der Waals surface area contributed by atoms with Gasteiger partial charge in [-0.3, -0.25) is 4.79 Å². The number of carboxylic acid groups (broad SMARTS) is 1. The van der Waals surface area contributed by atoms with Crippen LogP contribution in [-0.4, -0.2) is 23.2 Å². The average Bonchev–Trinajstić information content (AvgIpc) is 2.86. The summed E-state index contributed by atoms with van der Waals surface area (Å²) in [6, 6.07) is 11.8. The zero-order valence-corrected chi connectivity index (χ0v) is 13.4. The summed E-state index contributed by atoms with van der Waals surface area (Å²) in [6.45, 7) is 4.06. The van der Waals surface area contributed by atoms with Gasteiger partial charge >= 0.3 is 5.97 Å². The summed E-state index contributed by atoms with van der Waals surface area (Å²) < 4.78 is 5.28. The molecule has 3 rings (SSSR count). The van der Waals surface area contributed by atoms with Crippen LogP contribution in [0.2, 0.25) is 0 Å². The molecule has 0 aliphatic rings. The number of carbonyl (C=O) groups is 1. The predicted molar refractivity (Wildman–Crippen MR) is 91.1 cm³/mol. The smallest absolute Gasteiger partial charge is 0.307 e. The highest BCUT2D eigenvalue weighted by molar-refractivity contribution is 5.96. The molecular formula is C19H19NO3. The van der Waals surface area contributed by atoms with E-state index in [0.29, 0.717) is 0 Å². The van der Waals surface area contributed by atoms with E-state index in [-0.39, 0.29) is 6.42 Å². The molecule has 1 aromatic heterocycles. The van der Waals surface area contributed by atoms with Gasteiger partial charge in [-0.2, -0.15) is 0 Å². The van der Waals surface area contributed by atoms with Crippen molar-refractivity contribution < 1.29 is 14.6 Å². The van der Waals surface area contributed by atoms with E-state index in [1.165, 1.54) is 0 Å². The minimum absolute atomic E-state index is 0.0184. The number of nitrogens with one attached hydrogen (secondary N) is 1. The van der Waals surface area contributed by atoms with E-state index in [9.17, 15) is 9.90 Å². The Kier molecular flexibility index (Phi) is 3.82. The molecule has 0 amide bonds. The minimum atomic E-state index is -0.839. The normalized spacial score (nSPS) is 10.9. The third-order valence-electron chi connectivity index (χ3n) is 4.04. The van der Waals surface area contributed by atoms with Gasteiger partial charge < -0.3 is 14.8 Å². The second-order valence-corrected chi connectivity index (χ2v) is 5.79. The molecule has 0 unspecified atom stereocenters. The molecule has 0 fully saturated rings. The zero-order chi connectivity index (χ0) is 16.6. The van der Waals surface area contributed by atoms with Gasteiger partial charge in [0.1, 0.15) is 5.75 Å². The first kappa shape index (κ1) is 15.2. The zero-order valence-electron chi connectivity index (χ0n) is 13.4. The molecule has 4 heteroatoms. The molecule has 1 heterocycles. The highest BCUT2D eigenvalue weighted by atomic mass is 16.5. The molecule has 0 radical (unpaired) electrons.